The second kappa shape index (κ2) is 14.2. The van der Waals surface area contributed by atoms with Crippen LogP contribution in [0.15, 0.2) is 46.1 Å². The first-order chi connectivity index (χ1) is 22.6. The van der Waals surface area contributed by atoms with Crippen molar-refractivity contribution in [3.8, 4) is 0 Å². The lowest BCUT2D eigenvalue weighted by Crippen LogP contribution is -2.16. The number of H-pyrrole nitrogens is 2. The Morgan fingerprint density at radius 3 is 2.51 bits per heavy atom. The van der Waals surface area contributed by atoms with Gasteiger partial charge in [-0.2, -0.15) is 0 Å². The first-order valence-electron chi connectivity index (χ1n) is 16.1. The van der Waals surface area contributed by atoms with Crippen LogP contribution >= 0.6 is 0 Å². The first-order valence-corrected chi connectivity index (χ1v) is 16.1. The Balaban J connectivity index is 1.66. The van der Waals surface area contributed by atoms with Crippen LogP contribution in [0.1, 0.15) is 80.1 Å². The molecule has 2 aliphatic heterocycles. The second-order valence-electron chi connectivity index (χ2n) is 11.9. The molecule has 1 fully saturated rings. The molecule has 246 valence electrons. The molecule has 10 heteroatoms. The molecule has 0 spiro atoms. The second-order valence-corrected chi connectivity index (χ2v) is 11.9. The van der Waals surface area contributed by atoms with Gasteiger partial charge in [0.25, 0.3) is 5.91 Å². The Bertz CT molecular complexity index is 1910. The summed E-state index contributed by atoms with van der Waals surface area (Å²) in [5, 5.41) is 4.66. The summed E-state index contributed by atoms with van der Waals surface area (Å²) in [6.07, 6.45) is 12.6. The van der Waals surface area contributed by atoms with Crippen molar-refractivity contribution in [2.45, 2.75) is 72.6 Å². The highest BCUT2D eigenvalue weighted by Crippen LogP contribution is 2.30. The third kappa shape index (κ3) is 6.77. The predicted octanol–water partition coefficient (Wildman–Crippen LogP) is 3.72. The number of ether oxygens (including phenoxy) is 2. The molecule has 3 N–H and O–H groups in total. The van der Waals surface area contributed by atoms with Gasteiger partial charge in [-0.25, -0.2) is 4.99 Å². The molecule has 1 unspecified atom stereocenters. The molecule has 0 saturated carbocycles. The number of aromatic amines is 2. The fraction of sp³-hybridized carbons (Fsp3) is 0.378. The van der Waals surface area contributed by atoms with Gasteiger partial charge in [-0.05, 0) is 105 Å². The highest BCUT2D eigenvalue weighted by Gasteiger charge is 2.30. The van der Waals surface area contributed by atoms with Gasteiger partial charge in [-0.3, -0.25) is 19.2 Å². The van der Waals surface area contributed by atoms with Crippen molar-refractivity contribution in [2.24, 2.45) is 10.9 Å². The molecule has 47 heavy (non-hydrogen) atoms. The van der Waals surface area contributed by atoms with Gasteiger partial charge in [-0.15, -0.1) is 0 Å². The summed E-state index contributed by atoms with van der Waals surface area (Å²) in [5.41, 5.74) is 9.65. The van der Waals surface area contributed by atoms with E-state index in [4.69, 9.17) is 9.47 Å². The SMILES string of the molecule is C=CCOC(=O)CCc1c(/C=c2/[nH]c3c(c2CCC(=O)OC)CCC2=C(CC)C(=O)N=C2C=3)[nH]c(/C=C2\NC(=O)C(C)\C2=C/C)c1C. The van der Waals surface area contributed by atoms with E-state index in [1.807, 2.05) is 52.0 Å². The quantitative estimate of drug-likeness (QED) is 0.253. The van der Waals surface area contributed by atoms with Crippen LogP contribution in [0.4, 0.5) is 0 Å². The number of carbonyl (C=O) groups excluding carboxylic acids is 4. The molecule has 4 heterocycles. The number of esters is 2. The third-order valence-electron chi connectivity index (χ3n) is 9.21. The molecule has 1 atom stereocenters. The fourth-order valence-corrected chi connectivity index (χ4v) is 6.67. The molecule has 10 nitrogen and oxygen atoms in total. The smallest absolute Gasteiger partial charge is 0.306 e. The van der Waals surface area contributed by atoms with Crippen LogP contribution in [0, 0.1) is 12.8 Å². The molecule has 2 aromatic rings. The number of hydrogen-bond donors (Lipinski definition) is 3. The molecular weight excluding hydrogens is 596 g/mol. The van der Waals surface area contributed by atoms with Gasteiger partial charge in [0.1, 0.15) is 6.61 Å². The van der Waals surface area contributed by atoms with E-state index in [9.17, 15) is 19.2 Å². The maximum absolute atomic E-state index is 12.6. The van der Waals surface area contributed by atoms with Crippen molar-refractivity contribution in [1.82, 2.24) is 15.3 Å². The van der Waals surface area contributed by atoms with E-state index in [0.717, 1.165) is 66.8 Å². The van der Waals surface area contributed by atoms with Crippen molar-refractivity contribution in [2.75, 3.05) is 13.7 Å². The number of allylic oxidation sites excluding steroid dienone is 3. The Morgan fingerprint density at radius 1 is 1.06 bits per heavy atom. The minimum Gasteiger partial charge on any atom is -0.469 e. The Morgan fingerprint density at radius 2 is 1.81 bits per heavy atom. The molecule has 0 bridgehead atoms. The van der Waals surface area contributed by atoms with E-state index in [1.165, 1.54) is 13.2 Å². The lowest BCUT2D eigenvalue weighted by Gasteiger charge is -2.06. The van der Waals surface area contributed by atoms with Gasteiger partial charge in [-0.1, -0.05) is 25.7 Å². The number of aromatic nitrogens is 2. The Labute approximate surface area is 274 Å². The Hall–Kier alpha value is -4.99. The standard InChI is InChI=1S/C37H42N4O6/c1-7-16-47-35(43)15-12-24-20(4)28(17-29-22(8-2)21(5)36(44)40-29)38-30(24)18-31-27(13-14-34(42)46-6)26-11-10-25-23(9-3)37(45)41-33(25)19-32(26)39-31/h7-8,17-19,21,38-39H,1,9-16H2,2-6H3,(H,40,44)/b22-8+,29-17-,31-18+. The van der Waals surface area contributed by atoms with E-state index >= 15 is 0 Å². The van der Waals surface area contributed by atoms with Crippen LogP contribution in [0.25, 0.3) is 18.2 Å². The third-order valence-corrected chi connectivity index (χ3v) is 9.21. The number of aliphatic imine (C=N–C) groups is 1. The summed E-state index contributed by atoms with van der Waals surface area (Å²) in [7, 11) is 1.38. The number of carbonyl (C=O) groups is 4. The number of amides is 2. The maximum Gasteiger partial charge on any atom is 0.306 e. The van der Waals surface area contributed by atoms with Crippen LogP contribution in [0.5, 0.6) is 0 Å². The zero-order valence-electron chi connectivity index (χ0n) is 27.7. The predicted molar refractivity (Wildman–Crippen MR) is 181 cm³/mol. The zero-order chi connectivity index (χ0) is 33.8. The summed E-state index contributed by atoms with van der Waals surface area (Å²) in [4.78, 5) is 61.2. The number of rotatable bonds is 11. The number of nitrogens with one attached hydrogen (secondary N) is 3. The largest absolute Gasteiger partial charge is 0.469 e. The van der Waals surface area contributed by atoms with Gasteiger partial charge in [0.2, 0.25) is 5.91 Å². The van der Waals surface area contributed by atoms with Crippen molar-refractivity contribution in [3.05, 3.63) is 85.5 Å². The topological polar surface area (TPSA) is 143 Å². The number of methoxy groups -OCH3 is 1. The summed E-state index contributed by atoms with van der Waals surface area (Å²) < 4.78 is 10.2. The lowest BCUT2D eigenvalue weighted by atomic mass is 9.97. The van der Waals surface area contributed by atoms with Crippen molar-refractivity contribution >= 4 is 47.7 Å². The van der Waals surface area contributed by atoms with Crippen LogP contribution in [-0.4, -0.2) is 53.1 Å². The summed E-state index contributed by atoms with van der Waals surface area (Å²) in [6.45, 7) is 11.5. The van der Waals surface area contributed by atoms with Crippen molar-refractivity contribution in [1.29, 1.82) is 0 Å². The van der Waals surface area contributed by atoms with Gasteiger partial charge in [0.15, 0.2) is 0 Å². The maximum atomic E-state index is 12.6. The first kappa shape index (κ1) is 33.4. The lowest BCUT2D eigenvalue weighted by molar-refractivity contribution is -0.142. The van der Waals surface area contributed by atoms with Crippen molar-refractivity contribution in [3.63, 3.8) is 0 Å². The average molecular weight is 639 g/mol. The number of fused-ring (bicyclic) bond motifs is 2. The molecule has 1 saturated heterocycles. The molecular formula is C37H42N4O6. The molecule has 3 aliphatic rings. The highest BCUT2D eigenvalue weighted by atomic mass is 16.5. The van der Waals surface area contributed by atoms with E-state index in [1.54, 1.807) is 0 Å². The average Bonchev–Trinajstić information content (AvgIpc) is 3.69. The van der Waals surface area contributed by atoms with Crippen LogP contribution in [0.3, 0.4) is 0 Å². The van der Waals surface area contributed by atoms with Gasteiger partial charge in [0.05, 0.1) is 18.7 Å². The Kier molecular flexibility index (Phi) is 10.1. The van der Waals surface area contributed by atoms with E-state index in [0.29, 0.717) is 37.8 Å². The van der Waals surface area contributed by atoms with Gasteiger partial charge >= 0.3 is 11.9 Å². The van der Waals surface area contributed by atoms with E-state index in [2.05, 4.69) is 26.9 Å². The fourth-order valence-electron chi connectivity index (χ4n) is 6.67. The van der Waals surface area contributed by atoms with Crippen LogP contribution < -0.4 is 16.0 Å². The molecule has 2 aromatic heterocycles. The van der Waals surface area contributed by atoms with E-state index < -0.39 is 0 Å². The summed E-state index contributed by atoms with van der Waals surface area (Å²) in [5.74, 6) is -1.11. The molecule has 2 amide bonds. The molecule has 0 aromatic carbocycles. The molecule has 1 aliphatic carbocycles. The van der Waals surface area contributed by atoms with E-state index in [-0.39, 0.29) is 49.1 Å². The van der Waals surface area contributed by atoms with Crippen LogP contribution in [0.2, 0.25) is 0 Å². The molecule has 0 radical (unpaired) electrons. The summed E-state index contributed by atoms with van der Waals surface area (Å²) in [6, 6.07) is 0. The van der Waals surface area contributed by atoms with Crippen molar-refractivity contribution < 1.29 is 28.7 Å². The highest BCUT2D eigenvalue weighted by molar-refractivity contribution is 6.31. The normalized spacial score (nSPS) is 19.4. The zero-order valence-corrected chi connectivity index (χ0v) is 27.7. The van der Waals surface area contributed by atoms with Gasteiger partial charge in [0, 0.05) is 46.2 Å². The van der Waals surface area contributed by atoms with Gasteiger partial charge < -0.3 is 24.8 Å². The van der Waals surface area contributed by atoms with Crippen LogP contribution in [-0.2, 0) is 47.9 Å². The molecule has 5 rings (SSSR count). The monoisotopic (exact) mass is 638 g/mol. The summed E-state index contributed by atoms with van der Waals surface area (Å²) >= 11 is 0. The number of nitrogens with zero attached hydrogens (tertiary/aromatic N) is 1. The minimum absolute atomic E-state index is 0.0532. The number of hydrogen-bond acceptors (Lipinski definition) is 6. The minimum atomic E-state index is -0.327.